The Morgan fingerprint density at radius 2 is 2.00 bits per heavy atom. The number of Topliss-reactive ketones (excluding diaryl/α,β-unsaturated/α-hetero) is 1. The van der Waals surface area contributed by atoms with E-state index in [-0.39, 0.29) is 24.0 Å². The fourth-order valence-corrected chi connectivity index (χ4v) is 2.65. The van der Waals surface area contributed by atoms with Gasteiger partial charge in [-0.2, -0.15) is 0 Å². The summed E-state index contributed by atoms with van der Waals surface area (Å²) in [5.74, 6) is 0.657. The van der Waals surface area contributed by atoms with Crippen molar-refractivity contribution >= 4 is 11.9 Å². The molecule has 0 saturated carbocycles. The molecule has 0 amide bonds. The quantitative estimate of drug-likeness (QED) is 0.656. The van der Waals surface area contributed by atoms with Crippen LogP contribution in [0, 0.1) is 5.82 Å². The molecule has 2 aromatic carbocycles. The number of carbonyl (C=O) groups is 1. The van der Waals surface area contributed by atoms with Gasteiger partial charge in [-0.1, -0.05) is 24.3 Å². The number of halogens is 1. The first kappa shape index (κ1) is 16.0. The summed E-state index contributed by atoms with van der Waals surface area (Å²) in [5.41, 5.74) is 1.71. The van der Waals surface area contributed by atoms with Crippen molar-refractivity contribution in [2.75, 3.05) is 0 Å². The lowest BCUT2D eigenvalue weighted by Gasteiger charge is -2.08. The summed E-state index contributed by atoms with van der Waals surface area (Å²) in [7, 11) is 0. The van der Waals surface area contributed by atoms with Crippen molar-refractivity contribution in [3.63, 3.8) is 0 Å². The highest BCUT2D eigenvalue weighted by atomic mass is 19.1. The lowest BCUT2D eigenvalue weighted by Crippen LogP contribution is -1.98. The van der Waals surface area contributed by atoms with Crippen LogP contribution in [0.15, 0.2) is 72.8 Å². The predicted molar refractivity (Wildman–Crippen MR) is 94.3 cm³/mol. The first-order valence-electron chi connectivity index (χ1n) is 8.05. The molecule has 0 aliphatic carbocycles. The molecular formula is C21H14FNO3. The number of carbonyl (C=O) groups excluding carboxylic acids is 1. The van der Waals surface area contributed by atoms with E-state index in [9.17, 15) is 9.18 Å². The van der Waals surface area contributed by atoms with Crippen molar-refractivity contribution in [3.8, 4) is 11.5 Å². The van der Waals surface area contributed by atoms with Gasteiger partial charge in [0.2, 0.25) is 5.78 Å². The third kappa shape index (κ3) is 3.19. The Hall–Kier alpha value is -3.47. The van der Waals surface area contributed by atoms with E-state index in [1.807, 2.05) is 6.07 Å². The van der Waals surface area contributed by atoms with Gasteiger partial charge in [0.15, 0.2) is 5.76 Å². The molecule has 0 N–H and O–H groups in total. The van der Waals surface area contributed by atoms with Crippen LogP contribution >= 0.6 is 0 Å². The van der Waals surface area contributed by atoms with E-state index < -0.39 is 0 Å². The van der Waals surface area contributed by atoms with Crippen molar-refractivity contribution in [2.24, 2.45) is 0 Å². The normalized spacial score (nSPS) is 14.2. The second-order valence-corrected chi connectivity index (χ2v) is 5.76. The van der Waals surface area contributed by atoms with Gasteiger partial charge >= 0.3 is 0 Å². The number of hydrogen-bond acceptors (Lipinski definition) is 4. The molecule has 1 aliphatic rings. The summed E-state index contributed by atoms with van der Waals surface area (Å²) in [6, 6.07) is 15.0. The van der Waals surface area contributed by atoms with Crippen LogP contribution in [0.3, 0.4) is 0 Å². The molecule has 0 bridgehead atoms. The van der Waals surface area contributed by atoms with Gasteiger partial charge < -0.3 is 9.47 Å². The second-order valence-electron chi connectivity index (χ2n) is 5.76. The molecule has 0 radical (unpaired) electrons. The van der Waals surface area contributed by atoms with Gasteiger partial charge in [-0.25, -0.2) is 4.39 Å². The zero-order chi connectivity index (χ0) is 17.9. The second kappa shape index (κ2) is 6.80. The first-order valence-corrected chi connectivity index (χ1v) is 8.05. The van der Waals surface area contributed by atoms with Gasteiger partial charge in [0.25, 0.3) is 0 Å². The number of hydrogen-bond donors (Lipinski definition) is 0. The number of ether oxygens (including phenoxy) is 2. The van der Waals surface area contributed by atoms with Crippen LogP contribution in [-0.2, 0) is 6.61 Å². The Labute approximate surface area is 149 Å². The molecule has 0 saturated heterocycles. The van der Waals surface area contributed by atoms with Crippen LogP contribution in [-0.4, -0.2) is 10.8 Å². The Kier molecular flexibility index (Phi) is 4.19. The van der Waals surface area contributed by atoms with Crippen LogP contribution in [0.1, 0.15) is 21.5 Å². The molecular weight excluding hydrogens is 333 g/mol. The van der Waals surface area contributed by atoms with Gasteiger partial charge in [-0.3, -0.25) is 9.78 Å². The Bertz CT molecular complexity index is 999. The molecule has 4 rings (SSSR count). The SMILES string of the molecule is O=C1C(=Cc2cccnc2)Oc2cc(OCc3ccccc3F)ccc21. The minimum absolute atomic E-state index is 0.0950. The smallest absolute Gasteiger partial charge is 0.231 e. The van der Waals surface area contributed by atoms with Gasteiger partial charge in [0.05, 0.1) is 5.56 Å². The van der Waals surface area contributed by atoms with Crippen molar-refractivity contribution in [1.82, 2.24) is 4.98 Å². The standard InChI is InChI=1S/C21H14FNO3/c22-18-6-2-1-5-15(18)13-25-16-7-8-17-19(11-16)26-20(21(17)24)10-14-4-3-9-23-12-14/h1-12H,13H2. The summed E-state index contributed by atoms with van der Waals surface area (Å²) < 4.78 is 25.0. The summed E-state index contributed by atoms with van der Waals surface area (Å²) in [6.07, 6.45) is 4.96. The largest absolute Gasteiger partial charge is 0.489 e. The number of nitrogens with zero attached hydrogens (tertiary/aromatic N) is 1. The van der Waals surface area contributed by atoms with Crippen molar-refractivity contribution in [3.05, 3.63) is 95.3 Å². The van der Waals surface area contributed by atoms with Crippen molar-refractivity contribution in [2.45, 2.75) is 6.61 Å². The van der Waals surface area contributed by atoms with E-state index in [1.165, 1.54) is 6.07 Å². The van der Waals surface area contributed by atoms with Crippen LogP contribution in [0.5, 0.6) is 11.5 Å². The van der Waals surface area contributed by atoms with E-state index in [0.717, 1.165) is 5.56 Å². The maximum atomic E-state index is 13.7. The fraction of sp³-hybridized carbons (Fsp3) is 0.0476. The molecule has 1 aromatic heterocycles. The molecule has 2 heterocycles. The molecule has 0 fully saturated rings. The molecule has 128 valence electrons. The summed E-state index contributed by atoms with van der Waals surface area (Å²) >= 11 is 0. The van der Waals surface area contributed by atoms with E-state index in [4.69, 9.17) is 9.47 Å². The summed E-state index contributed by atoms with van der Waals surface area (Å²) in [5, 5.41) is 0. The molecule has 0 unspecified atom stereocenters. The maximum absolute atomic E-state index is 13.7. The van der Waals surface area contributed by atoms with Gasteiger partial charge in [-0.05, 0) is 35.9 Å². The molecule has 0 atom stereocenters. The topological polar surface area (TPSA) is 48.4 Å². The van der Waals surface area contributed by atoms with Crippen LogP contribution in [0.2, 0.25) is 0 Å². The highest BCUT2D eigenvalue weighted by Crippen LogP contribution is 2.35. The van der Waals surface area contributed by atoms with Crippen LogP contribution in [0.4, 0.5) is 4.39 Å². The monoisotopic (exact) mass is 347 g/mol. The molecule has 0 spiro atoms. The fourth-order valence-electron chi connectivity index (χ4n) is 2.65. The van der Waals surface area contributed by atoms with Crippen molar-refractivity contribution < 1.29 is 18.7 Å². The van der Waals surface area contributed by atoms with E-state index in [0.29, 0.717) is 22.6 Å². The Morgan fingerprint density at radius 3 is 2.81 bits per heavy atom. The Morgan fingerprint density at radius 1 is 1.12 bits per heavy atom. The third-order valence-corrected chi connectivity index (χ3v) is 3.98. The predicted octanol–water partition coefficient (Wildman–Crippen LogP) is 4.42. The van der Waals surface area contributed by atoms with Gasteiger partial charge in [0.1, 0.15) is 23.9 Å². The minimum atomic E-state index is -0.318. The van der Waals surface area contributed by atoms with E-state index in [1.54, 1.807) is 60.9 Å². The molecule has 3 aromatic rings. The molecule has 1 aliphatic heterocycles. The highest BCUT2D eigenvalue weighted by molar-refractivity contribution is 6.14. The van der Waals surface area contributed by atoms with E-state index >= 15 is 0 Å². The van der Waals surface area contributed by atoms with Crippen LogP contribution < -0.4 is 9.47 Å². The number of benzene rings is 2. The molecule has 5 heteroatoms. The minimum Gasteiger partial charge on any atom is -0.489 e. The third-order valence-electron chi connectivity index (χ3n) is 3.98. The van der Waals surface area contributed by atoms with Gasteiger partial charge in [0, 0.05) is 24.0 Å². The first-order chi connectivity index (χ1) is 12.7. The highest BCUT2D eigenvalue weighted by Gasteiger charge is 2.27. The molecule has 4 nitrogen and oxygen atoms in total. The van der Waals surface area contributed by atoms with E-state index in [2.05, 4.69) is 4.98 Å². The summed E-state index contributed by atoms with van der Waals surface area (Å²) in [4.78, 5) is 16.4. The number of fused-ring (bicyclic) bond motifs is 1. The number of allylic oxidation sites excluding steroid dienone is 1. The van der Waals surface area contributed by atoms with Crippen molar-refractivity contribution in [1.29, 1.82) is 0 Å². The number of ketones is 1. The zero-order valence-corrected chi connectivity index (χ0v) is 13.7. The van der Waals surface area contributed by atoms with Gasteiger partial charge in [-0.15, -0.1) is 0 Å². The average Bonchev–Trinajstić information content (AvgIpc) is 2.97. The zero-order valence-electron chi connectivity index (χ0n) is 13.7. The number of pyridine rings is 1. The Balaban J connectivity index is 1.53. The van der Waals surface area contributed by atoms with Crippen LogP contribution in [0.25, 0.3) is 6.08 Å². The maximum Gasteiger partial charge on any atom is 0.231 e. The number of aromatic nitrogens is 1. The summed E-state index contributed by atoms with van der Waals surface area (Å²) in [6.45, 7) is 0.0950. The lowest BCUT2D eigenvalue weighted by atomic mass is 10.1. The average molecular weight is 347 g/mol. The number of rotatable bonds is 4. The lowest BCUT2D eigenvalue weighted by molar-refractivity contribution is 0.101. The molecule has 26 heavy (non-hydrogen) atoms.